The van der Waals surface area contributed by atoms with Crippen LogP contribution in [0.4, 0.5) is 4.79 Å². The molecule has 110 valence electrons. The normalized spacial score (nSPS) is 22.4. The molecule has 2 atom stereocenters. The molecular weight excluding hydrogens is 258 g/mol. The number of aromatic nitrogens is 1. The lowest BCUT2D eigenvalue weighted by Crippen LogP contribution is -2.51. The largest absolute Gasteiger partial charge is 0.481 e. The molecule has 6 nitrogen and oxygen atoms in total. The summed E-state index contributed by atoms with van der Waals surface area (Å²) in [4.78, 5) is 18.0. The van der Waals surface area contributed by atoms with Crippen LogP contribution in [0.25, 0.3) is 0 Å². The lowest BCUT2D eigenvalue weighted by Gasteiger charge is -2.35. The van der Waals surface area contributed by atoms with Crippen LogP contribution in [0.5, 0.6) is 5.88 Å². The van der Waals surface area contributed by atoms with E-state index < -0.39 is 0 Å². The van der Waals surface area contributed by atoms with E-state index in [1.165, 1.54) is 0 Å². The number of carbonyl (C=O) groups excluding carboxylic acids is 1. The van der Waals surface area contributed by atoms with Crippen LogP contribution in [0.2, 0.25) is 0 Å². The highest BCUT2D eigenvalue weighted by atomic mass is 16.5. The summed E-state index contributed by atoms with van der Waals surface area (Å²) >= 11 is 0. The van der Waals surface area contributed by atoms with Gasteiger partial charge in [-0.15, -0.1) is 0 Å². The molecule has 0 radical (unpaired) electrons. The summed E-state index contributed by atoms with van der Waals surface area (Å²) in [6, 6.07) is 3.62. The van der Waals surface area contributed by atoms with Gasteiger partial charge in [-0.25, -0.2) is 9.78 Å². The maximum atomic E-state index is 12.2. The van der Waals surface area contributed by atoms with Crippen LogP contribution in [-0.4, -0.2) is 48.3 Å². The average Bonchev–Trinajstić information content (AvgIpc) is 2.44. The quantitative estimate of drug-likeness (QED) is 0.908. The van der Waals surface area contributed by atoms with E-state index in [2.05, 4.69) is 10.3 Å². The van der Waals surface area contributed by atoms with Crippen LogP contribution < -0.4 is 10.1 Å². The molecule has 0 unspecified atom stereocenters. The van der Waals surface area contributed by atoms with E-state index in [4.69, 9.17) is 9.47 Å². The van der Waals surface area contributed by atoms with Crippen molar-refractivity contribution < 1.29 is 14.3 Å². The molecule has 1 N–H and O–H groups in total. The van der Waals surface area contributed by atoms with E-state index in [0.717, 1.165) is 5.56 Å². The van der Waals surface area contributed by atoms with Crippen molar-refractivity contribution in [2.75, 3.05) is 20.2 Å². The van der Waals surface area contributed by atoms with E-state index in [0.29, 0.717) is 25.5 Å². The van der Waals surface area contributed by atoms with Crippen molar-refractivity contribution in [2.24, 2.45) is 0 Å². The number of urea groups is 1. The van der Waals surface area contributed by atoms with Gasteiger partial charge in [-0.3, -0.25) is 0 Å². The van der Waals surface area contributed by atoms with Crippen molar-refractivity contribution in [2.45, 2.75) is 32.6 Å². The summed E-state index contributed by atoms with van der Waals surface area (Å²) < 4.78 is 10.8. The lowest BCUT2D eigenvalue weighted by atomic mass is 10.2. The number of hydrogen-bond acceptors (Lipinski definition) is 4. The molecule has 6 heteroatoms. The molecule has 1 aromatic heterocycles. The number of amides is 2. The summed E-state index contributed by atoms with van der Waals surface area (Å²) in [7, 11) is 1.57. The predicted molar refractivity (Wildman–Crippen MR) is 74.6 cm³/mol. The van der Waals surface area contributed by atoms with Gasteiger partial charge in [-0.2, -0.15) is 0 Å². The molecule has 0 bridgehead atoms. The zero-order chi connectivity index (χ0) is 14.5. The average molecular weight is 279 g/mol. The van der Waals surface area contributed by atoms with Crippen LogP contribution in [0, 0.1) is 0 Å². The molecule has 1 aliphatic heterocycles. The molecule has 2 heterocycles. The smallest absolute Gasteiger partial charge is 0.317 e. The number of carbonyl (C=O) groups is 1. The van der Waals surface area contributed by atoms with Crippen molar-refractivity contribution in [3.63, 3.8) is 0 Å². The first-order valence-electron chi connectivity index (χ1n) is 6.76. The van der Waals surface area contributed by atoms with E-state index in [1.807, 2.05) is 26.0 Å². The van der Waals surface area contributed by atoms with Gasteiger partial charge >= 0.3 is 6.03 Å². The zero-order valence-electron chi connectivity index (χ0n) is 12.1. The van der Waals surface area contributed by atoms with E-state index in [-0.39, 0.29) is 18.2 Å². The van der Waals surface area contributed by atoms with Crippen LogP contribution in [-0.2, 0) is 11.3 Å². The molecule has 2 amide bonds. The molecule has 1 fully saturated rings. The van der Waals surface area contributed by atoms with E-state index in [9.17, 15) is 4.79 Å². The Kier molecular flexibility index (Phi) is 4.79. The van der Waals surface area contributed by atoms with Gasteiger partial charge in [0, 0.05) is 31.4 Å². The highest BCUT2D eigenvalue weighted by molar-refractivity contribution is 5.74. The van der Waals surface area contributed by atoms with Crippen LogP contribution in [0.3, 0.4) is 0 Å². The Morgan fingerprint density at radius 2 is 2.20 bits per heavy atom. The third kappa shape index (κ3) is 3.60. The molecule has 1 saturated heterocycles. The van der Waals surface area contributed by atoms with Crippen molar-refractivity contribution in [3.8, 4) is 5.88 Å². The van der Waals surface area contributed by atoms with Gasteiger partial charge < -0.3 is 19.7 Å². The van der Waals surface area contributed by atoms with Gasteiger partial charge in [0.05, 0.1) is 19.3 Å². The molecule has 0 saturated carbocycles. The molecule has 0 aliphatic carbocycles. The maximum absolute atomic E-state index is 12.2. The molecule has 1 aliphatic rings. The fourth-order valence-electron chi connectivity index (χ4n) is 2.37. The summed E-state index contributed by atoms with van der Waals surface area (Å²) in [5.74, 6) is 0.538. The minimum absolute atomic E-state index is 0.0671. The fourth-order valence-corrected chi connectivity index (χ4v) is 2.37. The number of hydrogen-bond donors (Lipinski definition) is 1. The third-order valence-corrected chi connectivity index (χ3v) is 3.18. The number of methoxy groups -OCH3 is 1. The standard InChI is InChI=1S/C14H21N3O3/c1-10-8-17(9-11(2)20-10)14(18)16-7-12-5-4-6-15-13(12)19-3/h4-6,10-11H,7-9H2,1-3H3,(H,16,18)/t10-,11-/m1/s1. The van der Waals surface area contributed by atoms with Gasteiger partial charge in [-0.05, 0) is 19.9 Å². The van der Waals surface area contributed by atoms with E-state index >= 15 is 0 Å². The third-order valence-electron chi connectivity index (χ3n) is 3.18. The van der Waals surface area contributed by atoms with Crippen LogP contribution in [0.1, 0.15) is 19.4 Å². The Hall–Kier alpha value is -1.82. The van der Waals surface area contributed by atoms with Crippen LogP contribution >= 0.6 is 0 Å². The zero-order valence-corrected chi connectivity index (χ0v) is 12.1. The Balaban J connectivity index is 1.91. The van der Waals surface area contributed by atoms with Crippen LogP contribution in [0.15, 0.2) is 18.3 Å². The first kappa shape index (κ1) is 14.6. The van der Waals surface area contributed by atoms with E-state index in [1.54, 1.807) is 18.2 Å². The molecule has 2 rings (SSSR count). The topological polar surface area (TPSA) is 63.7 Å². The van der Waals surface area contributed by atoms with Crippen molar-refractivity contribution in [1.29, 1.82) is 0 Å². The summed E-state index contributed by atoms with van der Waals surface area (Å²) in [6.07, 6.45) is 1.80. The van der Waals surface area contributed by atoms with Gasteiger partial charge in [0.25, 0.3) is 0 Å². The summed E-state index contributed by atoms with van der Waals surface area (Å²) in [5, 5.41) is 2.90. The molecule has 1 aromatic rings. The highest BCUT2D eigenvalue weighted by Crippen LogP contribution is 2.14. The SMILES string of the molecule is COc1ncccc1CNC(=O)N1C[C@@H](C)O[C@H](C)C1. The molecule has 20 heavy (non-hydrogen) atoms. The second kappa shape index (κ2) is 6.56. The molecule has 0 spiro atoms. The van der Waals surface area contributed by atoms with Gasteiger partial charge in [0.2, 0.25) is 5.88 Å². The minimum Gasteiger partial charge on any atom is -0.481 e. The summed E-state index contributed by atoms with van der Waals surface area (Å²) in [6.45, 7) is 5.57. The minimum atomic E-state index is -0.0853. The monoisotopic (exact) mass is 279 g/mol. The van der Waals surface area contributed by atoms with Crippen molar-refractivity contribution in [3.05, 3.63) is 23.9 Å². The number of ether oxygens (including phenoxy) is 2. The Labute approximate surface area is 119 Å². The van der Waals surface area contributed by atoms with Gasteiger partial charge in [-0.1, -0.05) is 6.07 Å². The van der Waals surface area contributed by atoms with Crippen molar-refractivity contribution >= 4 is 6.03 Å². The number of nitrogens with one attached hydrogen (secondary N) is 1. The number of morpholine rings is 1. The lowest BCUT2D eigenvalue weighted by molar-refractivity contribution is -0.0545. The fraction of sp³-hybridized carbons (Fsp3) is 0.571. The van der Waals surface area contributed by atoms with Gasteiger partial charge in [0.15, 0.2) is 0 Å². The summed E-state index contributed by atoms with van der Waals surface area (Å²) in [5.41, 5.74) is 0.859. The second-order valence-electron chi connectivity index (χ2n) is 4.99. The predicted octanol–water partition coefficient (Wildman–Crippen LogP) is 1.41. The first-order valence-corrected chi connectivity index (χ1v) is 6.76. The number of nitrogens with zero attached hydrogens (tertiary/aromatic N) is 2. The second-order valence-corrected chi connectivity index (χ2v) is 4.99. The number of rotatable bonds is 3. The maximum Gasteiger partial charge on any atom is 0.317 e. The molecule has 0 aromatic carbocycles. The van der Waals surface area contributed by atoms with Crippen molar-refractivity contribution in [1.82, 2.24) is 15.2 Å². The Morgan fingerprint density at radius 1 is 1.50 bits per heavy atom. The molecular formula is C14H21N3O3. The highest BCUT2D eigenvalue weighted by Gasteiger charge is 2.25. The van der Waals surface area contributed by atoms with Gasteiger partial charge in [0.1, 0.15) is 0 Å². The Bertz CT molecular complexity index is 457. The first-order chi connectivity index (χ1) is 9.60. The number of pyridine rings is 1. The Morgan fingerprint density at radius 3 is 2.85 bits per heavy atom.